The number of carbonyl (C=O) groups excluding carboxylic acids is 1. The lowest BCUT2D eigenvalue weighted by molar-refractivity contribution is -0.125. The van der Waals surface area contributed by atoms with Crippen LogP contribution in [-0.2, 0) is 11.2 Å². The van der Waals surface area contributed by atoms with Gasteiger partial charge in [0.2, 0.25) is 5.91 Å². The number of aromatic nitrogens is 1. The van der Waals surface area contributed by atoms with Crippen molar-refractivity contribution >= 4 is 23.2 Å². The number of carbonyl (C=O) groups is 2. The lowest BCUT2D eigenvalue weighted by atomic mass is 9.93. The maximum Gasteiger partial charge on any atom is 0.355 e. The van der Waals surface area contributed by atoms with E-state index < -0.39 is 5.97 Å². The van der Waals surface area contributed by atoms with Crippen molar-refractivity contribution in [1.82, 2.24) is 10.3 Å². The second-order valence-electron chi connectivity index (χ2n) is 5.36. The number of allylic oxidation sites excluding steroid dienone is 2. The molecular formula is C14H16N2O3S. The van der Waals surface area contributed by atoms with Gasteiger partial charge in [0.25, 0.3) is 0 Å². The Morgan fingerprint density at radius 2 is 2.25 bits per heavy atom. The lowest BCUT2D eigenvalue weighted by Gasteiger charge is -2.17. The Balaban J connectivity index is 1.46. The van der Waals surface area contributed by atoms with Gasteiger partial charge in [-0.05, 0) is 24.7 Å². The Hall–Kier alpha value is -1.69. The Morgan fingerprint density at radius 1 is 1.40 bits per heavy atom. The number of aromatic carboxylic acids is 1. The normalized spacial score (nSPS) is 26.9. The molecule has 2 aliphatic carbocycles. The highest BCUT2D eigenvalue weighted by Gasteiger charge is 2.39. The van der Waals surface area contributed by atoms with E-state index in [9.17, 15) is 9.59 Å². The van der Waals surface area contributed by atoms with Crippen molar-refractivity contribution in [2.45, 2.75) is 19.3 Å². The zero-order valence-electron chi connectivity index (χ0n) is 10.9. The summed E-state index contributed by atoms with van der Waals surface area (Å²) < 4.78 is 0. The van der Waals surface area contributed by atoms with E-state index in [2.05, 4.69) is 22.5 Å². The standard InChI is InChI=1S/C14H16N2O3S/c17-13(10-6-8-1-2-9(10)5-8)15-4-3-12-16-11(7-20-12)14(18)19/h1-2,7-10H,3-6H2,(H,15,17)(H,18,19). The van der Waals surface area contributed by atoms with Gasteiger partial charge in [0.1, 0.15) is 0 Å². The number of amides is 1. The first-order valence-corrected chi connectivity index (χ1v) is 7.65. The maximum absolute atomic E-state index is 12.1. The average molecular weight is 292 g/mol. The third kappa shape index (κ3) is 2.60. The van der Waals surface area contributed by atoms with E-state index in [1.54, 1.807) is 0 Å². The average Bonchev–Trinajstić information content (AvgIpc) is 3.14. The van der Waals surface area contributed by atoms with E-state index in [0.29, 0.717) is 24.8 Å². The van der Waals surface area contributed by atoms with E-state index in [1.165, 1.54) is 16.7 Å². The highest BCUT2D eigenvalue weighted by atomic mass is 32.1. The van der Waals surface area contributed by atoms with Crippen LogP contribution >= 0.6 is 11.3 Å². The quantitative estimate of drug-likeness (QED) is 0.810. The van der Waals surface area contributed by atoms with E-state index in [4.69, 9.17) is 5.11 Å². The number of carboxylic acids is 1. The van der Waals surface area contributed by atoms with Crippen LogP contribution in [-0.4, -0.2) is 28.5 Å². The molecule has 3 rings (SSSR count). The van der Waals surface area contributed by atoms with Gasteiger partial charge in [-0.2, -0.15) is 0 Å². The summed E-state index contributed by atoms with van der Waals surface area (Å²) in [5.41, 5.74) is 0.0783. The molecule has 20 heavy (non-hydrogen) atoms. The van der Waals surface area contributed by atoms with Crippen molar-refractivity contribution in [3.05, 3.63) is 28.2 Å². The van der Waals surface area contributed by atoms with Crippen molar-refractivity contribution in [3.63, 3.8) is 0 Å². The Kier molecular flexibility index (Phi) is 3.56. The largest absolute Gasteiger partial charge is 0.476 e. The summed E-state index contributed by atoms with van der Waals surface area (Å²) in [5, 5.41) is 14.0. The number of hydrogen-bond acceptors (Lipinski definition) is 4. The van der Waals surface area contributed by atoms with Crippen LogP contribution in [0.5, 0.6) is 0 Å². The highest BCUT2D eigenvalue weighted by molar-refractivity contribution is 7.09. The summed E-state index contributed by atoms with van der Waals surface area (Å²) in [6, 6.07) is 0. The van der Waals surface area contributed by atoms with Crippen LogP contribution in [0.1, 0.15) is 28.3 Å². The fourth-order valence-corrected chi connectivity index (χ4v) is 3.80. The minimum atomic E-state index is -1.01. The molecule has 2 N–H and O–H groups in total. The van der Waals surface area contributed by atoms with Crippen LogP contribution in [0.25, 0.3) is 0 Å². The van der Waals surface area contributed by atoms with E-state index >= 15 is 0 Å². The number of nitrogens with one attached hydrogen (secondary N) is 1. The van der Waals surface area contributed by atoms with E-state index in [-0.39, 0.29) is 17.5 Å². The van der Waals surface area contributed by atoms with Crippen LogP contribution in [0.4, 0.5) is 0 Å². The SMILES string of the molecule is O=C(O)c1csc(CCNC(=O)C2CC3C=CC2C3)n1. The van der Waals surface area contributed by atoms with Crippen molar-refractivity contribution in [2.75, 3.05) is 6.54 Å². The molecule has 2 aliphatic rings. The Labute approximate surface area is 120 Å². The summed E-state index contributed by atoms with van der Waals surface area (Å²) in [6.07, 6.45) is 7.05. The smallest absolute Gasteiger partial charge is 0.355 e. The molecular weight excluding hydrogens is 276 g/mol. The van der Waals surface area contributed by atoms with Crippen LogP contribution in [0.3, 0.4) is 0 Å². The molecule has 1 aromatic heterocycles. The first kappa shape index (κ1) is 13.3. The number of nitrogens with zero attached hydrogens (tertiary/aromatic N) is 1. The number of fused-ring (bicyclic) bond motifs is 2. The van der Waals surface area contributed by atoms with Gasteiger partial charge < -0.3 is 10.4 Å². The van der Waals surface area contributed by atoms with Crippen LogP contribution in [0.2, 0.25) is 0 Å². The second kappa shape index (κ2) is 5.36. The van der Waals surface area contributed by atoms with Crippen LogP contribution in [0.15, 0.2) is 17.5 Å². The molecule has 0 radical (unpaired) electrons. The number of carboxylic acid groups (broad SMARTS) is 1. The molecule has 3 atom stereocenters. The fraction of sp³-hybridized carbons (Fsp3) is 0.500. The molecule has 3 unspecified atom stereocenters. The summed E-state index contributed by atoms with van der Waals surface area (Å²) in [6.45, 7) is 0.517. The topological polar surface area (TPSA) is 79.3 Å². The first-order chi connectivity index (χ1) is 9.63. The highest BCUT2D eigenvalue weighted by Crippen LogP contribution is 2.43. The molecule has 5 nitrogen and oxygen atoms in total. The van der Waals surface area contributed by atoms with Crippen molar-refractivity contribution in [2.24, 2.45) is 17.8 Å². The van der Waals surface area contributed by atoms with E-state index in [1.807, 2.05) is 0 Å². The molecule has 1 aromatic rings. The predicted octanol–water partition coefficient (Wildman–Crippen LogP) is 1.71. The molecule has 106 valence electrons. The number of hydrogen-bond donors (Lipinski definition) is 2. The van der Waals surface area contributed by atoms with Gasteiger partial charge in [0, 0.05) is 24.3 Å². The summed E-state index contributed by atoms with van der Waals surface area (Å²) in [7, 11) is 0. The van der Waals surface area contributed by atoms with Gasteiger partial charge >= 0.3 is 5.97 Å². The zero-order chi connectivity index (χ0) is 14.1. The Morgan fingerprint density at radius 3 is 2.85 bits per heavy atom. The molecule has 0 spiro atoms. The van der Waals surface area contributed by atoms with Gasteiger partial charge in [-0.1, -0.05) is 12.2 Å². The lowest BCUT2D eigenvalue weighted by Crippen LogP contribution is -2.34. The number of thiazole rings is 1. The first-order valence-electron chi connectivity index (χ1n) is 6.77. The van der Waals surface area contributed by atoms with Crippen molar-refractivity contribution in [3.8, 4) is 0 Å². The van der Waals surface area contributed by atoms with Gasteiger partial charge in [0.15, 0.2) is 5.69 Å². The van der Waals surface area contributed by atoms with Gasteiger partial charge in [-0.3, -0.25) is 4.79 Å². The molecule has 6 heteroatoms. The maximum atomic E-state index is 12.1. The molecule has 0 saturated heterocycles. The molecule has 0 aromatic carbocycles. The van der Waals surface area contributed by atoms with E-state index in [0.717, 1.165) is 17.8 Å². The van der Waals surface area contributed by atoms with Gasteiger partial charge in [-0.15, -0.1) is 11.3 Å². The van der Waals surface area contributed by atoms with Gasteiger partial charge in [0.05, 0.1) is 5.01 Å². The summed E-state index contributed by atoms with van der Waals surface area (Å²) in [4.78, 5) is 26.8. The molecule has 1 fully saturated rings. The zero-order valence-corrected chi connectivity index (χ0v) is 11.7. The Bertz CT molecular complexity index is 567. The minimum absolute atomic E-state index is 0.0783. The van der Waals surface area contributed by atoms with Crippen molar-refractivity contribution in [1.29, 1.82) is 0 Å². The third-order valence-electron chi connectivity index (χ3n) is 4.02. The predicted molar refractivity (Wildman–Crippen MR) is 74.6 cm³/mol. The van der Waals surface area contributed by atoms with Gasteiger partial charge in [-0.25, -0.2) is 9.78 Å². The second-order valence-corrected chi connectivity index (χ2v) is 6.30. The molecule has 1 saturated carbocycles. The molecule has 1 amide bonds. The number of rotatable bonds is 5. The third-order valence-corrected chi connectivity index (χ3v) is 4.93. The summed E-state index contributed by atoms with van der Waals surface area (Å²) >= 11 is 1.32. The molecule has 1 heterocycles. The van der Waals surface area contributed by atoms with Crippen molar-refractivity contribution < 1.29 is 14.7 Å². The van der Waals surface area contributed by atoms with Crippen LogP contribution in [0, 0.1) is 17.8 Å². The fourth-order valence-electron chi connectivity index (χ4n) is 3.03. The molecule has 2 bridgehead atoms. The monoisotopic (exact) mass is 292 g/mol. The van der Waals surface area contributed by atoms with Crippen LogP contribution < -0.4 is 5.32 Å². The molecule has 0 aliphatic heterocycles. The summed E-state index contributed by atoms with van der Waals surface area (Å²) in [5.74, 6) is 0.240. The minimum Gasteiger partial charge on any atom is -0.476 e.